The molecule has 0 saturated carbocycles. The zero-order chi connectivity index (χ0) is 33.6. The molecule has 43 heavy (non-hydrogen) atoms. The Kier molecular flexibility index (Phi) is 22.8. The molecule has 0 aromatic heterocycles. The molecule has 0 heterocycles. The summed E-state index contributed by atoms with van der Waals surface area (Å²) in [5.41, 5.74) is 3.83. The highest BCUT2D eigenvalue weighted by molar-refractivity contribution is 5.91. The molecule has 8 heteroatoms. The molecule has 0 radical (unpaired) electrons. The second-order valence-corrected chi connectivity index (χ2v) is 9.63. The maximum Gasteiger partial charge on any atom is 0.573 e. The molecule has 0 bridgehead atoms. The van der Waals surface area contributed by atoms with Gasteiger partial charge < -0.3 is 20.3 Å². The van der Waals surface area contributed by atoms with Gasteiger partial charge in [-0.2, -0.15) is 0 Å². The van der Waals surface area contributed by atoms with Crippen LogP contribution in [0.5, 0.6) is 5.75 Å². The van der Waals surface area contributed by atoms with Crippen LogP contribution in [0.25, 0.3) is 0 Å². The van der Waals surface area contributed by atoms with Crippen molar-refractivity contribution in [3.63, 3.8) is 0 Å². The number of rotatable bonds is 15. The lowest BCUT2D eigenvalue weighted by Crippen LogP contribution is -2.17. The van der Waals surface area contributed by atoms with Gasteiger partial charge in [-0.05, 0) is 86.9 Å². The van der Waals surface area contributed by atoms with Crippen LogP contribution >= 0.6 is 0 Å². The van der Waals surface area contributed by atoms with E-state index in [0.717, 1.165) is 42.4 Å². The topological polar surface area (TPSA) is 78.8 Å². The fourth-order valence-corrected chi connectivity index (χ4v) is 3.97. The van der Waals surface area contributed by atoms with Crippen LogP contribution in [0.15, 0.2) is 83.6 Å². The molecule has 0 spiro atoms. The summed E-state index contributed by atoms with van der Waals surface area (Å²) in [6, 6.07) is 5.49. The smallest absolute Gasteiger partial charge is 0.406 e. The van der Waals surface area contributed by atoms with Gasteiger partial charge in [0.05, 0.1) is 12.7 Å². The first-order valence-electron chi connectivity index (χ1n) is 15.2. The molecule has 244 valence electrons. The Morgan fingerprint density at radius 3 is 1.98 bits per heavy atom. The van der Waals surface area contributed by atoms with Crippen molar-refractivity contribution in [2.45, 2.75) is 100 Å². The molecule has 2 unspecified atom stereocenters. The number of alkyl halides is 3. The van der Waals surface area contributed by atoms with Crippen molar-refractivity contribution in [1.82, 2.24) is 0 Å². The highest BCUT2D eigenvalue weighted by atomic mass is 19.4. The number of benzene rings is 1. The second-order valence-electron chi connectivity index (χ2n) is 9.63. The SMILES string of the molecule is C=C(Nc1ccc(OC(F)(F)F)cc1)C(/C(=C/CC)C(CC)CC)=C(\C=C/C)CO.CC.CCC(C)C(=O)/C=C/C(C)O. The molecular weight excluding hydrogens is 555 g/mol. The second kappa shape index (κ2) is 23.4. The largest absolute Gasteiger partial charge is 0.573 e. The molecule has 0 aliphatic carbocycles. The highest BCUT2D eigenvalue weighted by Gasteiger charge is 2.31. The lowest BCUT2D eigenvalue weighted by Gasteiger charge is -2.25. The molecule has 1 aromatic rings. The number of carbonyl (C=O) groups excluding carboxylic acids is 1. The molecule has 0 aliphatic heterocycles. The van der Waals surface area contributed by atoms with E-state index in [1.165, 1.54) is 36.4 Å². The summed E-state index contributed by atoms with van der Waals surface area (Å²) in [6.45, 7) is 21.7. The van der Waals surface area contributed by atoms with Gasteiger partial charge in [0.2, 0.25) is 0 Å². The quantitative estimate of drug-likeness (QED) is 0.136. The zero-order valence-corrected chi connectivity index (χ0v) is 27.5. The van der Waals surface area contributed by atoms with Gasteiger partial charge in [-0.25, -0.2) is 0 Å². The van der Waals surface area contributed by atoms with Crippen LogP contribution in [0.3, 0.4) is 0 Å². The maximum absolute atomic E-state index is 12.4. The standard InChI is InChI=1S/C24H32F3NO2.C9H16O2.C2H6/c1-6-10-19(16-29)23(22(11-7-2)18(8-3)9-4)17(5)28-20-12-14-21(15-13-20)30-24(25,26)27;1-4-7(2)9(11)6-5-8(3)10;1-2/h6,10-15,18,28-29H,5,7-9,16H2,1-4H3;5-8,10H,4H2,1-3H3;1-2H3/b10-6-,22-11+,23-19-;6-5+;. The van der Waals surface area contributed by atoms with Crippen molar-refractivity contribution < 1.29 is 32.9 Å². The van der Waals surface area contributed by atoms with Crippen LogP contribution in [-0.2, 0) is 4.79 Å². The Labute approximate surface area is 257 Å². The third-order valence-corrected chi connectivity index (χ3v) is 6.32. The summed E-state index contributed by atoms with van der Waals surface area (Å²) in [7, 11) is 0. The minimum atomic E-state index is -4.73. The maximum atomic E-state index is 12.4. The van der Waals surface area contributed by atoms with E-state index in [0.29, 0.717) is 17.3 Å². The predicted octanol–water partition coefficient (Wildman–Crippen LogP) is 9.71. The molecule has 0 amide bonds. The Hall–Kier alpha value is -3.10. The number of halogens is 3. The lowest BCUT2D eigenvalue weighted by molar-refractivity contribution is -0.274. The van der Waals surface area contributed by atoms with Crippen LogP contribution in [0.1, 0.15) is 88.0 Å². The summed E-state index contributed by atoms with van der Waals surface area (Å²) >= 11 is 0. The van der Waals surface area contributed by atoms with Gasteiger partial charge in [-0.1, -0.05) is 79.3 Å². The van der Waals surface area contributed by atoms with Gasteiger partial charge in [-0.3, -0.25) is 4.79 Å². The third kappa shape index (κ3) is 17.6. The number of ether oxygens (including phenoxy) is 1. The van der Waals surface area contributed by atoms with Crippen molar-refractivity contribution in [3.8, 4) is 5.75 Å². The normalized spacial score (nSPS) is 13.9. The van der Waals surface area contributed by atoms with Crippen LogP contribution in [0.2, 0.25) is 0 Å². The van der Waals surface area contributed by atoms with Gasteiger partial charge in [0.1, 0.15) is 5.75 Å². The number of aliphatic hydroxyl groups excluding tert-OH is 2. The number of allylic oxidation sites excluding steroid dienone is 4. The number of aliphatic hydroxyl groups is 2. The minimum Gasteiger partial charge on any atom is -0.406 e. The average Bonchev–Trinajstić information content (AvgIpc) is 2.97. The molecule has 0 saturated heterocycles. The van der Waals surface area contributed by atoms with Gasteiger partial charge in [0.25, 0.3) is 0 Å². The van der Waals surface area contributed by atoms with Crippen molar-refractivity contribution in [3.05, 3.63) is 83.6 Å². The Bertz CT molecular complexity index is 1050. The van der Waals surface area contributed by atoms with E-state index in [1.54, 1.807) is 6.92 Å². The predicted molar refractivity (Wildman–Crippen MR) is 174 cm³/mol. The van der Waals surface area contributed by atoms with E-state index in [9.17, 15) is 23.1 Å². The average molecular weight is 610 g/mol. The van der Waals surface area contributed by atoms with Crippen LogP contribution in [-0.4, -0.2) is 35.1 Å². The molecule has 0 fully saturated rings. The van der Waals surface area contributed by atoms with E-state index in [2.05, 4.69) is 43.5 Å². The lowest BCUT2D eigenvalue weighted by atomic mass is 9.83. The highest BCUT2D eigenvalue weighted by Crippen LogP contribution is 2.34. The molecule has 3 N–H and O–H groups in total. The van der Waals surface area contributed by atoms with Gasteiger partial charge >= 0.3 is 6.36 Å². The van der Waals surface area contributed by atoms with E-state index in [1.807, 2.05) is 46.8 Å². The number of ketones is 1. The minimum absolute atomic E-state index is 0.0741. The summed E-state index contributed by atoms with van der Waals surface area (Å²) in [5.74, 6) is 0.175. The Balaban J connectivity index is 0. The van der Waals surface area contributed by atoms with Crippen LogP contribution < -0.4 is 10.1 Å². The van der Waals surface area contributed by atoms with E-state index in [4.69, 9.17) is 5.11 Å². The van der Waals surface area contributed by atoms with E-state index >= 15 is 0 Å². The zero-order valence-electron chi connectivity index (χ0n) is 27.5. The number of nitrogens with one attached hydrogen (secondary N) is 1. The van der Waals surface area contributed by atoms with E-state index in [-0.39, 0.29) is 24.1 Å². The van der Waals surface area contributed by atoms with Crippen molar-refractivity contribution in [2.24, 2.45) is 11.8 Å². The summed E-state index contributed by atoms with van der Waals surface area (Å²) < 4.78 is 41.0. The Morgan fingerprint density at radius 2 is 1.58 bits per heavy atom. The first-order chi connectivity index (χ1) is 20.3. The summed E-state index contributed by atoms with van der Waals surface area (Å²) in [4.78, 5) is 11.1. The summed E-state index contributed by atoms with van der Waals surface area (Å²) in [6.07, 6.45) is 7.15. The Morgan fingerprint density at radius 1 is 1.02 bits per heavy atom. The molecule has 1 aromatic carbocycles. The fourth-order valence-electron chi connectivity index (χ4n) is 3.97. The third-order valence-electron chi connectivity index (χ3n) is 6.32. The van der Waals surface area contributed by atoms with Crippen molar-refractivity contribution >= 4 is 11.5 Å². The van der Waals surface area contributed by atoms with Gasteiger partial charge in [0.15, 0.2) is 5.78 Å². The van der Waals surface area contributed by atoms with Crippen LogP contribution in [0.4, 0.5) is 18.9 Å². The van der Waals surface area contributed by atoms with Gasteiger partial charge in [0, 0.05) is 22.9 Å². The van der Waals surface area contributed by atoms with Crippen LogP contribution in [0, 0.1) is 11.8 Å². The molecule has 5 nitrogen and oxygen atoms in total. The van der Waals surface area contributed by atoms with E-state index < -0.39 is 12.5 Å². The van der Waals surface area contributed by atoms with Crippen molar-refractivity contribution in [1.29, 1.82) is 0 Å². The first-order valence-corrected chi connectivity index (χ1v) is 15.2. The first kappa shape index (κ1) is 42.0. The number of hydrogen-bond acceptors (Lipinski definition) is 5. The molecule has 1 rings (SSSR count). The molecule has 0 aliphatic rings. The number of hydrogen-bond donors (Lipinski definition) is 3. The fraction of sp³-hybridized carbons (Fsp3) is 0.514. The number of carbonyl (C=O) groups is 1. The monoisotopic (exact) mass is 609 g/mol. The molecule has 2 atom stereocenters. The molecular formula is C35H54F3NO4. The van der Waals surface area contributed by atoms with Crippen molar-refractivity contribution in [2.75, 3.05) is 11.9 Å². The van der Waals surface area contributed by atoms with Gasteiger partial charge in [-0.15, -0.1) is 13.2 Å². The summed E-state index contributed by atoms with van der Waals surface area (Å²) in [5, 5.41) is 22.0. The number of anilines is 1.